The van der Waals surface area contributed by atoms with Crippen molar-refractivity contribution in [2.45, 2.75) is 18.2 Å². The van der Waals surface area contributed by atoms with Gasteiger partial charge in [0.2, 0.25) is 18.6 Å². The van der Waals surface area contributed by atoms with Crippen LogP contribution < -0.4 is 19.5 Å². The number of hydrogen-bond donors (Lipinski definition) is 1. The Hall–Kier alpha value is -3.98. The number of carbonyl (C=O) groups excluding carboxylic acids is 2. The van der Waals surface area contributed by atoms with Crippen molar-refractivity contribution in [1.82, 2.24) is 4.90 Å². The highest BCUT2D eigenvalue weighted by atomic mass is 32.2. The van der Waals surface area contributed by atoms with E-state index in [4.69, 9.17) is 19.2 Å². The van der Waals surface area contributed by atoms with Crippen molar-refractivity contribution < 1.29 is 23.8 Å². The highest BCUT2D eigenvalue weighted by Gasteiger charge is 2.36. The second kappa shape index (κ2) is 10.1. The molecule has 0 saturated carbocycles. The average molecular weight is 490 g/mol. The lowest BCUT2D eigenvalue weighted by molar-refractivity contribution is -0.129. The van der Waals surface area contributed by atoms with E-state index in [0.29, 0.717) is 40.3 Å². The number of carbonyl (C=O) groups is 2. The molecule has 3 aromatic carbocycles. The first-order valence-corrected chi connectivity index (χ1v) is 11.9. The lowest BCUT2D eigenvalue weighted by atomic mass is 10.1. The summed E-state index contributed by atoms with van der Waals surface area (Å²) in [6.07, 6.45) is 0.0605. The molecule has 1 N–H and O–H groups in total. The number of amidine groups is 1. The predicted octanol–water partition coefficient (Wildman–Crippen LogP) is 4.58. The molecule has 1 saturated heterocycles. The van der Waals surface area contributed by atoms with Crippen molar-refractivity contribution in [1.29, 1.82) is 0 Å². The van der Waals surface area contributed by atoms with Gasteiger partial charge in [-0.15, -0.1) is 0 Å². The summed E-state index contributed by atoms with van der Waals surface area (Å²) < 4.78 is 16.0. The van der Waals surface area contributed by atoms with Gasteiger partial charge in [-0.25, -0.2) is 4.99 Å². The topological polar surface area (TPSA) is 89.5 Å². The second-order valence-electron chi connectivity index (χ2n) is 7.93. The predicted molar refractivity (Wildman–Crippen MR) is 134 cm³/mol. The third-order valence-electron chi connectivity index (χ3n) is 5.55. The number of hydrogen-bond acceptors (Lipinski definition) is 7. The highest BCUT2D eigenvalue weighted by molar-refractivity contribution is 8.15. The van der Waals surface area contributed by atoms with Gasteiger partial charge in [-0.05, 0) is 54.1 Å². The van der Waals surface area contributed by atoms with E-state index in [0.717, 1.165) is 5.56 Å². The van der Waals surface area contributed by atoms with Crippen LogP contribution in [0.3, 0.4) is 0 Å². The van der Waals surface area contributed by atoms with E-state index >= 15 is 0 Å². The first kappa shape index (κ1) is 22.8. The molecule has 1 fully saturated rings. The number of benzene rings is 3. The van der Waals surface area contributed by atoms with Crippen LogP contribution in [0.5, 0.6) is 17.2 Å². The number of anilines is 1. The number of amides is 2. The quantitative estimate of drug-likeness (QED) is 0.545. The zero-order valence-electron chi connectivity index (χ0n) is 19.0. The number of methoxy groups -OCH3 is 1. The van der Waals surface area contributed by atoms with Gasteiger partial charge in [0.15, 0.2) is 16.7 Å². The zero-order chi connectivity index (χ0) is 24.2. The summed E-state index contributed by atoms with van der Waals surface area (Å²) in [6.45, 7) is 0.490. The van der Waals surface area contributed by atoms with E-state index in [1.54, 1.807) is 36.3 Å². The Morgan fingerprint density at radius 1 is 1.09 bits per heavy atom. The summed E-state index contributed by atoms with van der Waals surface area (Å²) in [5.41, 5.74) is 2.22. The Morgan fingerprint density at radius 2 is 1.86 bits per heavy atom. The SMILES string of the molecule is COc1ccc(NC(=O)[C@@H]2CC(=O)N(Cc3ccc4c(c3)OCO4)C(=Nc3ccccc3)S2)cc1. The number of rotatable bonds is 6. The molecule has 2 heterocycles. The molecule has 2 amide bonds. The van der Waals surface area contributed by atoms with E-state index in [1.165, 1.54) is 11.8 Å². The van der Waals surface area contributed by atoms with E-state index in [2.05, 4.69) is 5.32 Å². The Bertz CT molecular complexity index is 1260. The molecule has 0 spiro atoms. The molecule has 0 aromatic heterocycles. The second-order valence-corrected chi connectivity index (χ2v) is 9.10. The Kier molecular flexibility index (Phi) is 6.58. The molecule has 0 radical (unpaired) electrons. The zero-order valence-corrected chi connectivity index (χ0v) is 19.8. The summed E-state index contributed by atoms with van der Waals surface area (Å²) in [7, 11) is 1.58. The Morgan fingerprint density at radius 3 is 2.63 bits per heavy atom. The summed E-state index contributed by atoms with van der Waals surface area (Å²) in [4.78, 5) is 32.6. The van der Waals surface area contributed by atoms with E-state index in [-0.39, 0.29) is 25.0 Å². The third kappa shape index (κ3) is 5.25. The van der Waals surface area contributed by atoms with Crippen LogP contribution in [0.2, 0.25) is 0 Å². The average Bonchev–Trinajstić information content (AvgIpc) is 3.35. The van der Waals surface area contributed by atoms with Crippen LogP contribution >= 0.6 is 11.8 Å². The minimum Gasteiger partial charge on any atom is -0.497 e. The van der Waals surface area contributed by atoms with Crippen molar-refractivity contribution in [3.05, 3.63) is 78.4 Å². The van der Waals surface area contributed by atoms with Gasteiger partial charge in [0, 0.05) is 12.1 Å². The highest BCUT2D eigenvalue weighted by Crippen LogP contribution is 2.35. The molecule has 1 atom stereocenters. The van der Waals surface area contributed by atoms with Crippen molar-refractivity contribution in [3.8, 4) is 17.2 Å². The minimum atomic E-state index is -0.611. The van der Waals surface area contributed by atoms with Crippen LogP contribution in [0.4, 0.5) is 11.4 Å². The molecule has 0 unspecified atom stereocenters. The summed E-state index contributed by atoms with van der Waals surface area (Å²) in [5.74, 6) is 1.60. The standard InChI is InChI=1S/C26H23N3O5S/c1-32-20-10-8-19(9-11-20)27-25(31)23-14-24(30)29(26(35-23)28-18-5-3-2-4-6-18)15-17-7-12-21-22(13-17)34-16-33-21/h2-13,23H,14-16H2,1H3,(H,27,31)/t23-/m0/s1. The van der Waals surface area contributed by atoms with Crippen LogP contribution in [0.15, 0.2) is 77.8 Å². The summed E-state index contributed by atoms with van der Waals surface area (Å²) in [6, 6.07) is 22.0. The van der Waals surface area contributed by atoms with E-state index < -0.39 is 5.25 Å². The Labute approximate surface area is 206 Å². The molecular weight excluding hydrogens is 466 g/mol. The molecule has 0 aliphatic carbocycles. The maximum Gasteiger partial charge on any atom is 0.238 e. The van der Waals surface area contributed by atoms with Crippen LogP contribution in [0.25, 0.3) is 0 Å². The van der Waals surface area contributed by atoms with Gasteiger partial charge in [-0.1, -0.05) is 36.0 Å². The molecule has 178 valence electrons. The molecule has 0 bridgehead atoms. The number of para-hydroxylation sites is 1. The third-order valence-corrected chi connectivity index (χ3v) is 6.74. The van der Waals surface area contributed by atoms with Crippen molar-refractivity contribution in [2.24, 2.45) is 4.99 Å². The number of aliphatic imine (C=N–C) groups is 1. The molecular formula is C26H23N3O5S. The first-order valence-electron chi connectivity index (χ1n) is 11.0. The van der Waals surface area contributed by atoms with Gasteiger partial charge < -0.3 is 19.5 Å². The number of thioether (sulfide) groups is 1. The fraction of sp³-hybridized carbons (Fsp3) is 0.192. The van der Waals surface area contributed by atoms with Crippen LogP contribution in [0, 0.1) is 0 Å². The van der Waals surface area contributed by atoms with Gasteiger partial charge in [0.1, 0.15) is 11.0 Å². The number of nitrogens with zero attached hydrogens (tertiary/aromatic N) is 2. The molecule has 8 nitrogen and oxygen atoms in total. The molecule has 5 rings (SSSR count). The lowest BCUT2D eigenvalue weighted by Gasteiger charge is -2.32. The van der Waals surface area contributed by atoms with Crippen LogP contribution in [-0.2, 0) is 16.1 Å². The Balaban J connectivity index is 1.37. The number of fused-ring (bicyclic) bond motifs is 1. The first-order chi connectivity index (χ1) is 17.1. The molecule has 2 aliphatic heterocycles. The monoisotopic (exact) mass is 489 g/mol. The fourth-order valence-electron chi connectivity index (χ4n) is 3.73. The van der Waals surface area contributed by atoms with Gasteiger partial charge in [-0.2, -0.15) is 0 Å². The van der Waals surface area contributed by atoms with E-state index in [9.17, 15) is 9.59 Å². The maximum absolute atomic E-state index is 13.3. The molecule has 3 aromatic rings. The lowest BCUT2D eigenvalue weighted by Crippen LogP contribution is -2.44. The normalized spacial score (nSPS) is 18.0. The van der Waals surface area contributed by atoms with Crippen LogP contribution in [-0.4, -0.2) is 41.0 Å². The molecule has 35 heavy (non-hydrogen) atoms. The van der Waals surface area contributed by atoms with Gasteiger partial charge in [0.25, 0.3) is 0 Å². The van der Waals surface area contributed by atoms with Crippen molar-refractivity contribution >= 4 is 40.1 Å². The van der Waals surface area contributed by atoms with Gasteiger partial charge in [-0.3, -0.25) is 14.5 Å². The molecule has 2 aliphatic rings. The van der Waals surface area contributed by atoms with Gasteiger partial charge in [0.05, 0.1) is 19.3 Å². The smallest absolute Gasteiger partial charge is 0.238 e. The fourth-order valence-corrected chi connectivity index (χ4v) is 4.83. The number of nitrogens with one attached hydrogen (secondary N) is 1. The number of ether oxygens (including phenoxy) is 3. The largest absolute Gasteiger partial charge is 0.497 e. The maximum atomic E-state index is 13.3. The summed E-state index contributed by atoms with van der Waals surface area (Å²) in [5, 5.41) is 2.75. The van der Waals surface area contributed by atoms with Crippen molar-refractivity contribution in [2.75, 3.05) is 19.2 Å². The van der Waals surface area contributed by atoms with E-state index in [1.807, 2.05) is 48.5 Å². The van der Waals surface area contributed by atoms with Crippen LogP contribution in [0.1, 0.15) is 12.0 Å². The summed E-state index contributed by atoms with van der Waals surface area (Å²) >= 11 is 1.28. The minimum absolute atomic E-state index is 0.0605. The van der Waals surface area contributed by atoms with Gasteiger partial charge >= 0.3 is 0 Å². The molecule has 9 heteroatoms. The van der Waals surface area contributed by atoms with Crippen molar-refractivity contribution in [3.63, 3.8) is 0 Å².